The molecule has 1 saturated carbocycles. The molecule has 1 aliphatic carbocycles. The van der Waals surface area contributed by atoms with Crippen molar-refractivity contribution in [3.05, 3.63) is 0 Å². The summed E-state index contributed by atoms with van der Waals surface area (Å²) in [5.74, 6) is 0.348. The van der Waals surface area contributed by atoms with Crippen LogP contribution in [0.4, 0.5) is 0 Å². The second-order valence-corrected chi connectivity index (χ2v) is 5.97. The zero-order valence-corrected chi connectivity index (χ0v) is 13.0. The third kappa shape index (κ3) is 3.05. The minimum Gasteiger partial charge on any atom is -0.411 e. The van der Waals surface area contributed by atoms with Gasteiger partial charge in [-0.25, -0.2) is 0 Å². The van der Waals surface area contributed by atoms with E-state index in [1.165, 1.54) is 6.21 Å². The molecule has 5 atom stereocenters. The highest BCUT2D eigenvalue weighted by molar-refractivity contribution is 5.85. The highest BCUT2D eigenvalue weighted by atomic mass is 35.5. The lowest BCUT2D eigenvalue weighted by atomic mass is 9.97. The number of fused-ring (bicyclic) bond motifs is 2. The molecule has 2 saturated heterocycles. The van der Waals surface area contributed by atoms with Crippen molar-refractivity contribution >= 4 is 24.5 Å². The molecule has 22 heavy (non-hydrogen) atoms. The molecular weight excluding hydrogens is 308 g/mol. The number of nitriles is 1. The number of ether oxygens (including phenoxy) is 1. The van der Waals surface area contributed by atoms with Crippen LogP contribution in [-0.4, -0.2) is 59.6 Å². The van der Waals surface area contributed by atoms with Gasteiger partial charge in [-0.15, -0.1) is 12.4 Å². The van der Waals surface area contributed by atoms with Crippen LogP contribution in [0.1, 0.15) is 25.7 Å². The summed E-state index contributed by atoms with van der Waals surface area (Å²) >= 11 is 0. The van der Waals surface area contributed by atoms with Crippen LogP contribution in [0.5, 0.6) is 0 Å². The molecule has 0 aromatic carbocycles. The van der Waals surface area contributed by atoms with Gasteiger partial charge in [-0.2, -0.15) is 5.26 Å². The van der Waals surface area contributed by atoms with Gasteiger partial charge in [-0.3, -0.25) is 4.79 Å². The van der Waals surface area contributed by atoms with Crippen molar-refractivity contribution in [1.82, 2.24) is 10.2 Å². The predicted octanol–water partition coefficient (Wildman–Crippen LogP) is 0.518. The monoisotopic (exact) mass is 328 g/mol. The lowest BCUT2D eigenvalue weighted by Gasteiger charge is -2.31. The zero-order valence-electron chi connectivity index (χ0n) is 12.2. The standard InChI is InChI=1S/C14H20N4O3.ClH/c15-8-10-2-1-4-18(10)14(19)13-9-6-11(17-13)12(7-9)21-5-3-16-20;/h3,9-13,17,20H,1-2,4-7H2;1H/b16-3+;/t9-,10-,11+,12+,13-;/m0./s1. The van der Waals surface area contributed by atoms with Gasteiger partial charge < -0.3 is 20.2 Å². The number of carbonyl (C=O) groups is 1. The summed E-state index contributed by atoms with van der Waals surface area (Å²) in [5, 5.41) is 23.7. The number of rotatable bonds is 4. The average Bonchev–Trinajstić information content (AvgIpc) is 3.21. The summed E-state index contributed by atoms with van der Waals surface area (Å²) in [6.07, 6.45) is 4.87. The van der Waals surface area contributed by atoms with E-state index < -0.39 is 0 Å². The van der Waals surface area contributed by atoms with E-state index in [1.807, 2.05) is 0 Å². The van der Waals surface area contributed by atoms with E-state index in [9.17, 15) is 4.79 Å². The smallest absolute Gasteiger partial charge is 0.241 e. The largest absolute Gasteiger partial charge is 0.411 e. The van der Waals surface area contributed by atoms with Crippen molar-refractivity contribution in [1.29, 1.82) is 5.26 Å². The molecule has 0 radical (unpaired) electrons. The number of oxime groups is 1. The quantitative estimate of drug-likeness (QED) is 0.445. The van der Waals surface area contributed by atoms with Crippen LogP contribution in [-0.2, 0) is 9.53 Å². The molecular formula is C14H21ClN4O3. The first-order valence-corrected chi connectivity index (χ1v) is 7.48. The molecule has 122 valence electrons. The number of nitrogens with one attached hydrogen (secondary N) is 1. The number of hydrogen-bond donors (Lipinski definition) is 2. The first-order chi connectivity index (χ1) is 10.2. The molecule has 3 rings (SSSR count). The normalized spacial score (nSPS) is 36.5. The summed E-state index contributed by atoms with van der Waals surface area (Å²) in [7, 11) is 0. The van der Waals surface area contributed by atoms with Crippen LogP contribution in [0, 0.1) is 17.2 Å². The maximum Gasteiger partial charge on any atom is 0.241 e. The number of likely N-dealkylation sites (tertiary alicyclic amines) is 1. The van der Waals surface area contributed by atoms with Crippen LogP contribution < -0.4 is 5.32 Å². The Morgan fingerprint density at radius 1 is 1.55 bits per heavy atom. The fraction of sp³-hybridized carbons (Fsp3) is 0.786. The van der Waals surface area contributed by atoms with Crippen LogP contribution in [0.25, 0.3) is 0 Å². The summed E-state index contributed by atoms with van der Waals surface area (Å²) in [6.45, 7) is 0.979. The lowest BCUT2D eigenvalue weighted by molar-refractivity contribution is -0.135. The molecule has 0 spiro atoms. The molecule has 2 aliphatic heterocycles. The fourth-order valence-electron chi connectivity index (χ4n) is 3.85. The molecule has 3 fully saturated rings. The van der Waals surface area contributed by atoms with Gasteiger partial charge >= 0.3 is 0 Å². The summed E-state index contributed by atoms with van der Waals surface area (Å²) < 4.78 is 5.62. The second-order valence-electron chi connectivity index (χ2n) is 5.97. The highest BCUT2D eigenvalue weighted by Gasteiger charge is 2.50. The first kappa shape index (κ1) is 17.0. The number of carbonyl (C=O) groups excluding carboxylic acids is 1. The van der Waals surface area contributed by atoms with E-state index in [2.05, 4.69) is 16.5 Å². The average molecular weight is 329 g/mol. The lowest BCUT2D eigenvalue weighted by Crippen LogP contribution is -2.53. The summed E-state index contributed by atoms with van der Waals surface area (Å²) in [4.78, 5) is 14.3. The zero-order chi connectivity index (χ0) is 14.8. The molecule has 0 aromatic heterocycles. The van der Waals surface area contributed by atoms with Gasteiger partial charge in [-0.1, -0.05) is 5.16 Å². The Morgan fingerprint density at radius 3 is 3.00 bits per heavy atom. The molecule has 2 N–H and O–H groups in total. The van der Waals surface area contributed by atoms with Crippen LogP contribution in [0.15, 0.2) is 5.16 Å². The fourth-order valence-corrected chi connectivity index (χ4v) is 3.85. The molecule has 8 heteroatoms. The summed E-state index contributed by atoms with van der Waals surface area (Å²) in [6, 6.07) is 1.97. The Morgan fingerprint density at radius 2 is 2.36 bits per heavy atom. The molecule has 2 heterocycles. The van der Waals surface area contributed by atoms with Crippen molar-refractivity contribution in [2.24, 2.45) is 11.1 Å². The van der Waals surface area contributed by atoms with Gasteiger partial charge in [0.2, 0.25) is 5.91 Å². The van der Waals surface area contributed by atoms with Gasteiger partial charge in [0.1, 0.15) is 6.04 Å². The number of hydrogen-bond acceptors (Lipinski definition) is 6. The van der Waals surface area contributed by atoms with Crippen molar-refractivity contribution in [2.45, 2.75) is 49.9 Å². The SMILES string of the molecule is Cl.N#C[C@@H]1CCCN1C(=O)[C@H]1N[C@@H]2C[C@H]1C[C@H]2OC/C=N/O. The molecule has 3 aliphatic rings. The van der Waals surface area contributed by atoms with Gasteiger partial charge in [0.25, 0.3) is 0 Å². The number of piperidine rings is 1. The Hall–Kier alpha value is -1.36. The number of halogens is 1. The van der Waals surface area contributed by atoms with Crippen LogP contribution >= 0.6 is 12.4 Å². The van der Waals surface area contributed by atoms with Gasteiger partial charge in [0.05, 0.1) is 31.0 Å². The predicted molar refractivity (Wildman–Crippen MR) is 81.1 cm³/mol. The highest BCUT2D eigenvalue weighted by Crippen LogP contribution is 2.38. The van der Waals surface area contributed by atoms with E-state index in [0.717, 1.165) is 25.7 Å². The molecule has 0 unspecified atom stereocenters. The third-order valence-electron chi connectivity index (χ3n) is 4.82. The summed E-state index contributed by atoms with van der Waals surface area (Å²) in [5.41, 5.74) is 0. The maximum absolute atomic E-state index is 12.6. The Balaban J connectivity index is 0.00000176. The van der Waals surface area contributed by atoms with Crippen molar-refractivity contribution < 1.29 is 14.7 Å². The minimum absolute atomic E-state index is 0. The molecule has 7 nitrogen and oxygen atoms in total. The van der Waals surface area contributed by atoms with Gasteiger partial charge in [0, 0.05) is 12.6 Å². The second kappa shape index (κ2) is 7.27. The maximum atomic E-state index is 12.6. The molecule has 1 amide bonds. The topological polar surface area (TPSA) is 98.0 Å². The van der Waals surface area contributed by atoms with E-state index in [4.69, 9.17) is 15.2 Å². The Bertz CT molecular complexity index is 481. The van der Waals surface area contributed by atoms with Crippen molar-refractivity contribution in [3.63, 3.8) is 0 Å². The van der Waals surface area contributed by atoms with Crippen LogP contribution in [0.3, 0.4) is 0 Å². The van der Waals surface area contributed by atoms with E-state index in [0.29, 0.717) is 6.54 Å². The Kier molecular flexibility index (Phi) is 5.62. The van der Waals surface area contributed by atoms with E-state index in [1.54, 1.807) is 4.90 Å². The van der Waals surface area contributed by atoms with Crippen molar-refractivity contribution in [3.8, 4) is 6.07 Å². The number of nitrogens with zero attached hydrogens (tertiary/aromatic N) is 3. The van der Waals surface area contributed by atoms with E-state index in [-0.39, 0.29) is 55.1 Å². The van der Waals surface area contributed by atoms with Gasteiger partial charge in [-0.05, 0) is 31.6 Å². The molecule has 0 aromatic rings. The minimum atomic E-state index is -0.258. The third-order valence-corrected chi connectivity index (χ3v) is 4.82. The van der Waals surface area contributed by atoms with Gasteiger partial charge in [0.15, 0.2) is 0 Å². The van der Waals surface area contributed by atoms with Crippen molar-refractivity contribution in [2.75, 3.05) is 13.2 Å². The number of amides is 1. The van der Waals surface area contributed by atoms with Crippen LogP contribution in [0.2, 0.25) is 0 Å². The molecule has 2 bridgehead atoms. The Labute approximate surface area is 135 Å². The van der Waals surface area contributed by atoms with E-state index >= 15 is 0 Å². The first-order valence-electron chi connectivity index (χ1n) is 7.48.